The number of hydrogen-bond donors (Lipinski definition) is 1. The van der Waals surface area contributed by atoms with E-state index in [-0.39, 0.29) is 34.9 Å². The number of hydrogen-bond acceptors (Lipinski definition) is 8. The summed E-state index contributed by atoms with van der Waals surface area (Å²) in [6.07, 6.45) is 5.82. The molecule has 1 atom stereocenters. The molecule has 0 saturated carbocycles. The summed E-state index contributed by atoms with van der Waals surface area (Å²) >= 11 is 0. The minimum absolute atomic E-state index is 0.0867. The molecule has 2 aromatic heterocycles. The molecular weight excluding hydrogens is 563 g/mol. The first kappa shape index (κ1) is 32.4. The number of piperidine rings is 1. The Morgan fingerprint density at radius 1 is 1.20 bits per heavy atom. The molecule has 1 saturated heterocycles. The Hall–Kier alpha value is -4.53. The highest BCUT2D eigenvalue weighted by atomic mass is 19.1. The monoisotopic (exact) mass is 604 g/mol. The van der Waals surface area contributed by atoms with Crippen molar-refractivity contribution in [1.29, 1.82) is 5.26 Å². The summed E-state index contributed by atoms with van der Waals surface area (Å²) in [6, 6.07) is 5.42. The summed E-state index contributed by atoms with van der Waals surface area (Å²) in [4.78, 5) is 33.4. The lowest BCUT2D eigenvalue weighted by atomic mass is 9.94. The maximum absolute atomic E-state index is 16.1. The quantitative estimate of drug-likeness (QED) is 0.408. The van der Waals surface area contributed by atoms with Crippen LogP contribution in [0.5, 0.6) is 0 Å². The first-order chi connectivity index (χ1) is 20.6. The van der Waals surface area contributed by atoms with Gasteiger partial charge in [-0.1, -0.05) is 17.3 Å². The number of aromatic nitrogens is 4. The number of pyridine rings is 1. The number of carbonyl (C=O) groups is 2. The van der Waals surface area contributed by atoms with Gasteiger partial charge in [0.2, 0.25) is 0 Å². The molecule has 1 aliphatic rings. The number of ether oxygens (including phenoxy) is 1. The minimum atomic E-state index is -0.616. The molecule has 1 N–H and O–H groups in total. The second kappa shape index (κ2) is 12.6. The maximum atomic E-state index is 16.1. The van der Waals surface area contributed by atoms with Gasteiger partial charge in [0.15, 0.2) is 5.69 Å². The number of carbonyl (C=O) groups excluding carboxylic acids is 2. The Labute approximate surface area is 258 Å². The van der Waals surface area contributed by atoms with Crippen LogP contribution in [0.25, 0.3) is 11.1 Å². The molecule has 44 heavy (non-hydrogen) atoms. The second-order valence-corrected chi connectivity index (χ2v) is 13.1. The first-order valence-corrected chi connectivity index (χ1v) is 14.7. The fraction of sp³-hybridized carbons (Fsp3) is 0.500. The molecule has 11 nitrogen and oxygen atoms in total. The largest absolute Gasteiger partial charge is 0.444 e. The lowest BCUT2D eigenvalue weighted by Gasteiger charge is -2.39. The van der Waals surface area contributed by atoms with Crippen molar-refractivity contribution in [3.8, 4) is 17.2 Å². The van der Waals surface area contributed by atoms with Crippen LogP contribution in [0.1, 0.15) is 81.6 Å². The molecule has 4 rings (SSSR count). The Morgan fingerprint density at radius 2 is 1.93 bits per heavy atom. The number of nitriles is 1. The van der Waals surface area contributed by atoms with Gasteiger partial charge in [0.05, 0.1) is 35.2 Å². The second-order valence-electron chi connectivity index (χ2n) is 13.1. The summed E-state index contributed by atoms with van der Waals surface area (Å²) < 4.78 is 23.3. The van der Waals surface area contributed by atoms with Gasteiger partial charge in [0, 0.05) is 44.0 Å². The van der Waals surface area contributed by atoms with Crippen molar-refractivity contribution in [1.82, 2.24) is 30.2 Å². The molecular formula is C32H41FN8O3. The Kier molecular flexibility index (Phi) is 9.27. The lowest BCUT2D eigenvalue weighted by Crippen LogP contribution is -2.50. The van der Waals surface area contributed by atoms with E-state index in [1.165, 1.54) is 6.20 Å². The van der Waals surface area contributed by atoms with Crippen molar-refractivity contribution in [2.24, 2.45) is 0 Å². The van der Waals surface area contributed by atoms with E-state index in [9.17, 15) is 14.9 Å². The summed E-state index contributed by atoms with van der Waals surface area (Å²) in [5, 5.41) is 20.8. The van der Waals surface area contributed by atoms with Gasteiger partial charge in [-0.2, -0.15) is 5.26 Å². The average Bonchev–Trinajstić information content (AvgIpc) is 3.48. The fourth-order valence-corrected chi connectivity index (χ4v) is 5.10. The summed E-state index contributed by atoms with van der Waals surface area (Å²) in [5.74, 6) is -0.901. The topological polar surface area (TPSA) is 129 Å². The third-order valence-electron chi connectivity index (χ3n) is 7.63. The first-order valence-electron chi connectivity index (χ1n) is 14.7. The molecule has 3 heterocycles. The number of halogens is 1. The predicted octanol–water partition coefficient (Wildman–Crippen LogP) is 5.18. The molecule has 3 aromatic rings. The van der Waals surface area contributed by atoms with Gasteiger partial charge in [-0.3, -0.25) is 9.78 Å². The van der Waals surface area contributed by atoms with Crippen LogP contribution in [-0.2, 0) is 16.8 Å². The highest BCUT2D eigenvalue weighted by Gasteiger charge is 2.31. The molecule has 2 amide bonds. The Bertz CT molecular complexity index is 1580. The van der Waals surface area contributed by atoms with Gasteiger partial charge in [-0.05, 0) is 72.4 Å². The van der Waals surface area contributed by atoms with Crippen molar-refractivity contribution in [2.45, 2.75) is 85.0 Å². The zero-order valence-corrected chi connectivity index (χ0v) is 26.7. The van der Waals surface area contributed by atoms with E-state index in [0.29, 0.717) is 35.5 Å². The normalized spacial score (nSPS) is 15.5. The Balaban J connectivity index is 1.58. The number of nitrogens with one attached hydrogen (secondary N) is 1. The molecule has 0 unspecified atom stereocenters. The van der Waals surface area contributed by atoms with Crippen molar-refractivity contribution in [2.75, 3.05) is 25.0 Å². The maximum Gasteiger partial charge on any atom is 0.410 e. The van der Waals surface area contributed by atoms with E-state index in [2.05, 4.69) is 26.7 Å². The number of nitrogens with zero attached hydrogens (tertiary/aromatic N) is 7. The summed E-state index contributed by atoms with van der Waals surface area (Å²) in [6.45, 7) is 14.2. The van der Waals surface area contributed by atoms with Crippen LogP contribution in [-0.4, -0.2) is 68.7 Å². The molecule has 0 radical (unpaired) electrons. The fourth-order valence-electron chi connectivity index (χ4n) is 5.10. The van der Waals surface area contributed by atoms with Crippen molar-refractivity contribution in [3.63, 3.8) is 0 Å². The predicted molar refractivity (Wildman–Crippen MR) is 165 cm³/mol. The van der Waals surface area contributed by atoms with Crippen molar-refractivity contribution in [3.05, 3.63) is 58.9 Å². The summed E-state index contributed by atoms with van der Waals surface area (Å²) in [7, 11) is 1.72. The molecule has 1 aliphatic heterocycles. The lowest BCUT2D eigenvalue weighted by molar-refractivity contribution is 0.0209. The Morgan fingerprint density at radius 3 is 2.57 bits per heavy atom. The molecule has 234 valence electrons. The highest BCUT2D eigenvalue weighted by molar-refractivity contribution is 5.92. The molecule has 0 aliphatic carbocycles. The van der Waals surface area contributed by atoms with Crippen molar-refractivity contribution < 1.29 is 18.7 Å². The van der Waals surface area contributed by atoms with Crippen LogP contribution >= 0.6 is 0 Å². The molecule has 1 fully saturated rings. The zero-order valence-electron chi connectivity index (χ0n) is 26.7. The number of rotatable bonds is 6. The van der Waals surface area contributed by atoms with Crippen LogP contribution in [0.4, 0.5) is 14.9 Å². The van der Waals surface area contributed by atoms with Gasteiger partial charge in [-0.15, -0.1) is 5.10 Å². The van der Waals surface area contributed by atoms with E-state index < -0.39 is 23.4 Å². The third-order valence-corrected chi connectivity index (χ3v) is 7.63. The number of amides is 2. The standard InChI is InChI=1S/C32H41FN8O3/c1-20-21(16-36-29(42)25-19-41(38-37-25)31(2,3)4)11-12-24(28(20)33)27-22(14-34)15-35-17-26(27)40-13-9-10-23(18-40)39(8)30(43)44-32(5,6)7/h11-12,15,17,19,23H,9-10,13,16,18H2,1-8H3,(H,36,42)/t23-/m1/s1. The van der Waals surface area contributed by atoms with Crippen LogP contribution in [0.3, 0.4) is 0 Å². The van der Waals surface area contributed by atoms with Crippen LogP contribution in [0.2, 0.25) is 0 Å². The molecule has 0 spiro atoms. The van der Waals surface area contributed by atoms with Gasteiger partial charge in [0.25, 0.3) is 5.91 Å². The van der Waals surface area contributed by atoms with Crippen LogP contribution in [0.15, 0.2) is 30.7 Å². The van der Waals surface area contributed by atoms with E-state index in [1.807, 2.05) is 46.4 Å². The SMILES string of the molecule is Cc1c(CNC(=O)c2cn(C(C)(C)C)nn2)ccc(-c2c(C#N)cncc2N2CCC[C@@H](N(C)C(=O)OC(C)(C)C)C2)c1F. The number of anilines is 1. The average molecular weight is 605 g/mol. The van der Waals surface area contributed by atoms with Gasteiger partial charge >= 0.3 is 6.09 Å². The van der Waals surface area contributed by atoms with Crippen molar-refractivity contribution >= 4 is 17.7 Å². The van der Waals surface area contributed by atoms with Crippen LogP contribution in [0, 0.1) is 24.1 Å². The van der Waals surface area contributed by atoms with Gasteiger partial charge in [0.1, 0.15) is 17.5 Å². The third kappa shape index (κ3) is 7.15. The van der Waals surface area contributed by atoms with Crippen LogP contribution < -0.4 is 10.2 Å². The van der Waals surface area contributed by atoms with E-state index in [4.69, 9.17) is 4.74 Å². The number of benzene rings is 1. The van der Waals surface area contributed by atoms with E-state index >= 15 is 4.39 Å². The smallest absolute Gasteiger partial charge is 0.410 e. The van der Waals surface area contributed by atoms with E-state index in [0.717, 1.165) is 12.8 Å². The minimum Gasteiger partial charge on any atom is -0.444 e. The molecule has 1 aromatic carbocycles. The van der Waals surface area contributed by atoms with E-state index in [1.54, 1.807) is 48.1 Å². The summed E-state index contributed by atoms with van der Waals surface area (Å²) in [5.41, 5.74) is 1.75. The molecule has 0 bridgehead atoms. The number of likely N-dealkylation sites (N-methyl/N-ethyl adjacent to an activating group) is 1. The van der Waals surface area contributed by atoms with Gasteiger partial charge in [-0.25, -0.2) is 13.9 Å². The molecule has 12 heteroatoms. The highest BCUT2D eigenvalue weighted by Crippen LogP contribution is 2.38. The van der Waals surface area contributed by atoms with Gasteiger partial charge < -0.3 is 19.9 Å². The zero-order chi connectivity index (χ0) is 32.4.